The lowest BCUT2D eigenvalue weighted by Crippen LogP contribution is -2.38. The molecule has 0 aromatic heterocycles. The zero-order valence-electron chi connectivity index (χ0n) is 14.4. The number of halogens is 2. The molecule has 0 bridgehead atoms. The zero-order valence-corrected chi connectivity index (χ0v) is 16.0. The number of carbonyl (C=O) groups is 1. The fourth-order valence-corrected chi connectivity index (χ4v) is 3.75. The van der Waals surface area contributed by atoms with Crippen LogP contribution < -0.4 is 5.73 Å². The molecular formula is C17H35Cl2N3O. The fraction of sp³-hybridized carbons (Fsp3) is 0.941. The number of amides is 1. The van der Waals surface area contributed by atoms with Crippen molar-refractivity contribution in [1.82, 2.24) is 9.80 Å². The third-order valence-corrected chi connectivity index (χ3v) is 5.07. The number of carbonyl (C=O) groups excluding carboxylic acids is 1. The number of unbranched alkanes of at least 4 members (excludes halogenated alkanes) is 3. The highest BCUT2D eigenvalue weighted by Crippen LogP contribution is 2.24. The molecule has 1 saturated carbocycles. The summed E-state index contributed by atoms with van der Waals surface area (Å²) in [6.07, 6.45) is 11.8. The molecule has 2 rings (SSSR count). The van der Waals surface area contributed by atoms with Crippen molar-refractivity contribution in [3.8, 4) is 0 Å². The van der Waals surface area contributed by atoms with Crippen molar-refractivity contribution in [3.05, 3.63) is 0 Å². The number of hydrogen-bond acceptors (Lipinski definition) is 3. The topological polar surface area (TPSA) is 49.6 Å². The van der Waals surface area contributed by atoms with Gasteiger partial charge in [-0.2, -0.15) is 0 Å². The predicted octanol–water partition coefficient (Wildman–Crippen LogP) is 3.22. The lowest BCUT2D eigenvalue weighted by molar-refractivity contribution is -0.131. The maximum absolute atomic E-state index is 12.3. The van der Waals surface area contributed by atoms with Crippen molar-refractivity contribution < 1.29 is 4.79 Å². The van der Waals surface area contributed by atoms with Crippen molar-refractivity contribution in [3.63, 3.8) is 0 Å². The van der Waals surface area contributed by atoms with Crippen LogP contribution in [0.3, 0.4) is 0 Å². The molecule has 0 spiro atoms. The summed E-state index contributed by atoms with van der Waals surface area (Å²) in [6, 6.07) is 0.802. The Kier molecular flexibility index (Phi) is 13.3. The highest BCUT2D eigenvalue weighted by molar-refractivity contribution is 5.85. The highest BCUT2D eigenvalue weighted by atomic mass is 35.5. The fourth-order valence-electron chi connectivity index (χ4n) is 3.75. The lowest BCUT2D eigenvalue weighted by atomic mass is 10.1. The first-order valence-electron chi connectivity index (χ1n) is 9.03. The van der Waals surface area contributed by atoms with Gasteiger partial charge in [0.15, 0.2) is 0 Å². The van der Waals surface area contributed by atoms with Gasteiger partial charge in [-0.3, -0.25) is 9.69 Å². The molecule has 6 heteroatoms. The highest BCUT2D eigenvalue weighted by Gasteiger charge is 2.25. The monoisotopic (exact) mass is 367 g/mol. The Morgan fingerprint density at radius 3 is 2.26 bits per heavy atom. The molecule has 1 heterocycles. The van der Waals surface area contributed by atoms with E-state index in [0.29, 0.717) is 5.91 Å². The third kappa shape index (κ3) is 8.06. The standard InChI is InChI=1S/C17H33N3O.2ClH/c18-11-6-2-1-3-10-17(21)20-13-7-12-19(14-15-20)16-8-4-5-9-16;;/h16H,1-15,18H2;2*1H. The van der Waals surface area contributed by atoms with Gasteiger partial charge in [-0.05, 0) is 38.6 Å². The van der Waals surface area contributed by atoms with Crippen molar-refractivity contribution in [2.75, 3.05) is 32.7 Å². The van der Waals surface area contributed by atoms with Gasteiger partial charge in [-0.1, -0.05) is 25.7 Å². The summed E-state index contributed by atoms with van der Waals surface area (Å²) in [5, 5.41) is 0. The van der Waals surface area contributed by atoms with Gasteiger partial charge in [0.05, 0.1) is 0 Å². The maximum Gasteiger partial charge on any atom is 0.222 e. The van der Waals surface area contributed by atoms with E-state index in [9.17, 15) is 4.79 Å². The summed E-state index contributed by atoms with van der Waals surface area (Å²) in [5.41, 5.74) is 5.49. The van der Waals surface area contributed by atoms with E-state index < -0.39 is 0 Å². The summed E-state index contributed by atoms with van der Waals surface area (Å²) in [5.74, 6) is 0.371. The molecule has 2 aliphatic rings. The second-order valence-electron chi connectivity index (χ2n) is 6.66. The Hall–Kier alpha value is -0.0300. The summed E-state index contributed by atoms with van der Waals surface area (Å²) < 4.78 is 0. The van der Waals surface area contributed by atoms with E-state index in [4.69, 9.17) is 5.73 Å². The van der Waals surface area contributed by atoms with Gasteiger partial charge < -0.3 is 10.6 Å². The molecule has 23 heavy (non-hydrogen) atoms. The second-order valence-corrected chi connectivity index (χ2v) is 6.66. The summed E-state index contributed by atoms with van der Waals surface area (Å²) >= 11 is 0. The van der Waals surface area contributed by atoms with Gasteiger partial charge in [0.2, 0.25) is 5.91 Å². The van der Waals surface area contributed by atoms with Crippen LogP contribution in [0.5, 0.6) is 0 Å². The molecule has 0 radical (unpaired) electrons. The van der Waals surface area contributed by atoms with E-state index in [2.05, 4.69) is 9.80 Å². The first kappa shape index (κ1) is 23.0. The molecule has 1 aliphatic carbocycles. The van der Waals surface area contributed by atoms with Gasteiger partial charge in [0.25, 0.3) is 0 Å². The first-order chi connectivity index (χ1) is 10.3. The number of nitrogens with two attached hydrogens (primary N) is 1. The van der Waals surface area contributed by atoms with Gasteiger partial charge in [-0.15, -0.1) is 24.8 Å². The van der Waals surface area contributed by atoms with Crippen LogP contribution in [-0.4, -0.2) is 54.5 Å². The summed E-state index contributed by atoms with van der Waals surface area (Å²) in [6.45, 7) is 4.95. The van der Waals surface area contributed by atoms with E-state index in [1.54, 1.807) is 0 Å². The number of rotatable bonds is 7. The van der Waals surface area contributed by atoms with Crippen molar-refractivity contribution in [2.24, 2.45) is 5.73 Å². The molecule has 1 saturated heterocycles. The molecule has 0 unspecified atom stereocenters. The lowest BCUT2D eigenvalue weighted by Gasteiger charge is -2.27. The molecule has 138 valence electrons. The van der Waals surface area contributed by atoms with E-state index in [0.717, 1.165) is 64.3 Å². The minimum Gasteiger partial charge on any atom is -0.341 e. The summed E-state index contributed by atoms with van der Waals surface area (Å²) in [4.78, 5) is 17.0. The van der Waals surface area contributed by atoms with Crippen LogP contribution in [0.2, 0.25) is 0 Å². The predicted molar refractivity (Wildman–Crippen MR) is 102 cm³/mol. The molecule has 1 amide bonds. The molecule has 2 fully saturated rings. The normalized spacial score (nSPS) is 19.8. The molecule has 1 aliphatic heterocycles. The Morgan fingerprint density at radius 1 is 0.870 bits per heavy atom. The minimum absolute atomic E-state index is 0. The first-order valence-corrected chi connectivity index (χ1v) is 9.03. The SMILES string of the molecule is Cl.Cl.NCCCCCCC(=O)N1CCCN(C2CCCC2)CC1. The van der Waals surface area contributed by atoms with Crippen molar-refractivity contribution >= 4 is 30.7 Å². The largest absolute Gasteiger partial charge is 0.341 e. The van der Waals surface area contributed by atoms with Crippen LogP contribution in [-0.2, 0) is 4.79 Å². The number of nitrogens with zero attached hydrogens (tertiary/aromatic N) is 2. The van der Waals surface area contributed by atoms with Crippen LogP contribution in [0.25, 0.3) is 0 Å². The van der Waals surface area contributed by atoms with Gasteiger partial charge in [-0.25, -0.2) is 0 Å². The Bertz CT molecular complexity index is 312. The Morgan fingerprint density at radius 2 is 1.57 bits per heavy atom. The van der Waals surface area contributed by atoms with Crippen LogP contribution >= 0.6 is 24.8 Å². The quantitative estimate of drug-likeness (QED) is 0.702. The summed E-state index contributed by atoms with van der Waals surface area (Å²) in [7, 11) is 0. The van der Waals surface area contributed by atoms with Crippen molar-refractivity contribution in [2.45, 2.75) is 70.3 Å². The Balaban J connectivity index is 0.00000242. The average molecular weight is 368 g/mol. The van der Waals surface area contributed by atoms with Crippen LogP contribution in [0, 0.1) is 0 Å². The molecule has 0 aromatic rings. The third-order valence-electron chi connectivity index (χ3n) is 5.07. The average Bonchev–Trinajstić information content (AvgIpc) is 2.91. The molecular weight excluding hydrogens is 333 g/mol. The van der Waals surface area contributed by atoms with E-state index >= 15 is 0 Å². The second kappa shape index (κ2) is 13.3. The molecule has 0 aromatic carbocycles. The van der Waals surface area contributed by atoms with E-state index in [1.807, 2.05) is 0 Å². The number of hydrogen-bond donors (Lipinski definition) is 1. The van der Waals surface area contributed by atoms with Crippen LogP contribution in [0.4, 0.5) is 0 Å². The smallest absolute Gasteiger partial charge is 0.222 e. The van der Waals surface area contributed by atoms with E-state index in [1.165, 1.54) is 38.6 Å². The maximum atomic E-state index is 12.3. The van der Waals surface area contributed by atoms with Crippen molar-refractivity contribution in [1.29, 1.82) is 0 Å². The molecule has 2 N–H and O–H groups in total. The van der Waals surface area contributed by atoms with Crippen LogP contribution in [0.15, 0.2) is 0 Å². The van der Waals surface area contributed by atoms with E-state index in [-0.39, 0.29) is 24.8 Å². The van der Waals surface area contributed by atoms with Gasteiger partial charge >= 0.3 is 0 Å². The van der Waals surface area contributed by atoms with Gasteiger partial charge in [0.1, 0.15) is 0 Å². The molecule has 0 atom stereocenters. The van der Waals surface area contributed by atoms with Crippen LogP contribution in [0.1, 0.15) is 64.2 Å². The minimum atomic E-state index is 0. The molecule has 4 nitrogen and oxygen atoms in total. The zero-order chi connectivity index (χ0) is 14.9. The Labute approximate surface area is 154 Å². The van der Waals surface area contributed by atoms with Gasteiger partial charge in [0, 0.05) is 38.6 Å².